The van der Waals surface area contributed by atoms with Gasteiger partial charge in [0.15, 0.2) is 0 Å². The maximum absolute atomic E-state index is 10.1. The zero-order valence-corrected chi connectivity index (χ0v) is 20.5. The Balaban J connectivity index is 1.30. The fourth-order valence-electron chi connectivity index (χ4n) is 5.62. The molecule has 2 N–H and O–H groups in total. The maximum atomic E-state index is 10.1. The number of rotatable bonds is 7. The summed E-state index contributed by atoms with van der Waals surface area (Å²) in [5.41, 5.74) is 7.13. The standard InChI is InChI=1S/C31H35NO3/c1-22-29-21-26(34)12-15-28(29)30(31(22)24-8-10-25(33)11-9-24)20-23-6-13-27(14-7-23)35-19-18-32-16-4-2-3-5-17-32/h6-15,21,30,33-34H,2-5,16-20H2,1H3. The highest BCUT2D eigenvalue weighted by Crippen LogP contribution is 2.49. The first kappa shape index (κ1) is 23.5. The summed E-state index contributed by atoms with van der Waals surface area (Å²) in [5, 5.41) is 19.9. The highest BCUT2D eigenvalue weighted by atomic mass is 16.5. The molecule has 2 aliphatic rings. The minimum Gasteiger partial charge on any atom is -0.508 e. The number of aromatic hydroxyl groups is 2. The van der Waals surface area contributed by atoms with Crippen molar-refractivity contribution in [3.8, 4) is 17.2 Å². The maximum Gasteiger partial charge on any atom is 0.119 e. The molecule has 0 spiro atoms. The Labute approximate surface area is 208 Å². The van der Waals surface area contributed by atoms with Crippen LogP contribution >= 0.6 is 0 Å². The third-order valence-corrected chi connectivity index (χ3v) is 7.49. The van der Waals surface area contributed by atoms with Gasteiger partial charge >= 0.3 is 0 Å². The molecular formula is C31H35NO3. The summed E-state index contributed by atoms with van der Waals surface area (Å²) >= 11 is 0. The monoisotopic (exact) mass is 469 g/mol. The van der Waals surface area contributed by atoms with Crippen molar-refractivity contribution in [3.05, 3.63) is 89.0 Å². The van der Waals surface area contributed by atoms with Gasteiger partial charge in [-0.1, -0.05) is 43.2 Å². The second-order valence-corrected chi connectivity index (χ2v) is 9.86. The molecule has 182 valence electrons. The predicted molar refractivity (Wildman–Crippen MR) is 142 cm³/mol. The summed E-state index contributed by atoms with van der Waals surface area (Å²) in [6, 6.07) is 21.6. The van der Waals surface area contributed by atoms with Crippen LogP contribution in [0.2, 0.25) is 0 Å². The molecule has 0 bridgehead atoms. The molecule has 0 amide bonds. The summed E-state index contributed by atoms with van der Waals surface area (Å²) < 4.78 is 6.06. The third kappa shape index (κ3) is 5.38. The number of ether oxygens (including phenoxy) is 1. The van der Waals surface area contributed by atoms with Gasteiger partial charge < -0.3 is 14.9 Å². The van der Waals surface area contributed by atoms with E-state index in [1.165, 1.54) is 61.0 Å². The van der Waals surface area contributed by atoms with Gasteiger partial charge in [-0.2, -0.15) is 0 Å². The lowest BCUT2D eigenvalue weighted by Gasteiger charge is -2.20. The number of phenols is 2. The van der Waals surface area contributed by atoms with Crippen molar-refractivity contribution in [1.82, 2.24) is 4.90 Å². The number of nitrogens with zero attached hydrogens (tertiary/aromatic N) is 1. The van der Waals surface area contributed by atoms with Crippen LogP contribution in [0.1, 0.15) is 60.8 Å². The molecule has 0 saturated carbocycles. The largest absolute Gasteiger partial charge is 0.508 e. The van der Waals surface area contributed by atoms with Crippen molar-refractivity contribution in [2.24, 2.45) is 0 Å². The Morgan fingerprint density at radius 3 is 2.23 bits per heavy atom. The van der Waals surface area contributed by atoms with Crippen LogP contribution in [0, 0.1) is 0 Å². The molecule has 1 unspecified atom stereocenters. The average molecular weight is 470 g/mol. The molecule has 0 radical (unpaired) electrons. The van der Waals surface area contributed by atoms with E-state index in [-0.39, 0.29) is 17.4 Å². The van der Waals surface area contributed by atoms with Crippen molar-refractivity contribution in [3.63, 3.8) is 0 Å². The van der Waals surface area contributed by atoms with Crippen molar-refractivity contribution >= 4 is 11.1 Å². The quantitative estimate of drug-likeness (QED) is 0.408. The van der Waals surface area contributed by atoms with Crippen LogP contribution in [0.3, 0.4) is 0 Å². The fraction of sp³-hybridized carbons (Fsp3) is 0.355. The van der Waals surface area contributed by atoms with E-state index in [0.717, 1.165) is 36.4 Å². The fourth-order valence-corrected chi connectivity index (χ4v) is 5.62. The SMILES string of the molecule is CC1=C(c2ccc(O)cc2)C(Cc2ccc(OCCN3CCCCCC3)cc2)c2ccc(O)cc21. The molecule has 1 aliphatic carbocycles. The Kier molecular flexibility index (Phi) is 7.10. The zero-order valence-electron chi connectivity index (χ0n) is 20.5. The van der Waals surface area contributed by atoms with Crippen LogP contribution in [0.15, 0.2) is 66.7 Å². The lowest BCUT2D eigenvalue weighted by Crippen LogP contribution is -2.29. The molecule has 1 aliphatic heterocycles. The molecule has 0 aromatic heterocycles. The van der Waals surface area contributed by atoms with Gasteiger partial charge in [0.1, 0.15) is 23.9 Å². The van der Waals surface area contributed by atoms with Crippen LogP contribution in [0.25, 0.3) is 11.1 Å². The Hall–Kier alpha value is -3.24. The molecule has 1 atom stereocenters. The first-order chi connectivity index (χ1) is 17.1. The topological polar surface area (TPSA) is 52.9 Å². The summed E-state index contributed by atoms with van der Waals surface area (Å²) in [7, 11) is 0. The Bertz CT molecular complexity index is 1170. The van der Waals surface area contributed by atoms with Gasteiger partial charge in [0, 0.05) is 12.5 Å². The van der Waals surface area contributed by atoms with Crippen LogP contribution in [0.5, 0.6) is 17.2 Å². The first-order valence-electron chi connectivity index (χ1n) is 12.9. The smallest absolute Gasteiger partial charge is 0.119 e. The summed E-state index contributed by atoms with van der Waals surface area (Å²) in [6.07, 6.45) is 6.18. The molecule has 4 heteroatoms. The molecule has 3 aromatic rings. The minimum absolute atomic E-state index is 0.185. The number of fused-ring (bicyclic) bond motifs is 1. The van der Waals surface area contributed by atoms with Gasteiger partial charge in [-0.3, -0.25) is 4.90 Å². The number of benzene rings is 3. The van der Waals surface area contributed by atoms with Crippen LogP contribution < -0.4 is 4.74 Å². The van der Waals surface area contributed by atoms with E-state index in [0.29, 0.717) is 0 Å². The number of hydrogen-bond donors (Lipinski definition) is 2. The predicted octanol–water partition coefficient (Wildman–Crippen LogP) is 6.62. The van der Waals surface area contributed by atoms with Gasteiger partial charge in [0.25, 0.3) is 0 Å². The van der Waals surface area contributed by atoms with E-state index in [9.17, 15) is 10.2 Å². The van der Waals surface area contributed by atoms with Gasteiger partial charge in [-0.15, -0.1) is 0 Å². The van der Waals surface area contributed by atoms with Crippen molar-refractivity contribution in [2.75, 3.05) is 26.2 Å². The number of phenolic OH excluding ortho intramolecular Hbond substituents is 2. The molecule has 4 nitrogen and oxygen atoms in total. The average Bonchev–Trinajstić information content (AvgIpc) is 3.01. The molecule has 1 heterocycles. The lowest BCUT2D eigenvalue weighted by atomic mass is 9.85. The molecular weight excluding hydrogens is 434 g/mol. The van der Waals surface area contributed by atoms with Gasteiger partial charge in [0.05, 0.1) is 0 Å². The number of likely N-dealkylation sites (tertiary alicyclic amines) is 1. The summed E-state index contributed by atoms with van der Waals surface area (Å²) in [5.74, 6) is 1.66. The molecule has 1 saturated heterocycles. The normalized spacial score (nSPS) is 18.4. The lowest BCUT2D eigenvalue weighted by molar-refractivity contribution is 0.214. The van der Waals surface area contributed by atoms with Gasteiger partial charge in [-0.05, 0) is 109 Å². The van der Waals surface area contributed by atoms with Crippen LogP contribution in [-0.4, -0.2) is 41.4 Å². The highest BCUT2D eigenvalue weighted by Gasteiger charge is 2.30. The van der Waals surface area contributed by atoms with E-state index < -0.39 is 0 Å². The van der Waals surface area contributed by atoms with Gasteiger partial charge in [-0.25, -0.2) is 0 Å². The van der Waals surface area contributed by atoms with Gasteiger partial charge in [0.2, 0.25) is 0 Å². The summed E-state index contributed by atoms with van der Waals surface area (Å²) in [4.78, 5) is 2.52. The first-order valence-corrected chi connectivity index (χ1v) is 12.9. The Morgan fingerprint density at radius 2 is 1.51 bits per heavy atom. The van der Waals surface area contributed by atoms with Crippen molar-refractivity contribution in [1.29, 1.82) is 0 Å². The molecule has 35 heavy (non-hydrogen) atoms. The van der Waals surface area contributed by atoms with Crippen LogP contribution in [-0.2, 0) is 6.42 Å². The molecule has 5 rings (SSSR count). The van der Waals surface area contributed by atoms with E-state index in [1.807, 2.05) is 24.3 Å². The van der Waals surface area contributed by atoms with E-state index in [2.05, 4.69) is 36.1 Å². The number of hydrogen-bond acceptors (Lipinski definition) is 4. The van der Waals surface area contributed by atoms with E-state index >= 15 is 0 Å². The van der Waals surface area contributed by atoms with Crippen LogP contribution in [0.4, 0.5) is 0 Å². The molecule has 1 fully saturated rings. The molecule has 3 aromatic carbocycles. The second-order valence-electron chi connectivity index (χ2n) is 9.86. The number of allylic oxidation sites excluding steroid dienone is 2. The second kappa shape index (κ2) is 10.6. The zero-order chi connectivity index (χ0) is 24.2. The van der Waals surface area contributed by atoms with Crippen molar-refractivity contribution in [2.45, 2.75) is 44.9 Å². The highest BCUT2D eigenvalue weighted by molar-refractivity contribution is 5.99. The van der Waals surface area contributed by atoms with Crippen molar-refractivity contribution < 1.29 is 14.9 Å². The third-order valence-electron chi connectivity index (χ3n) is 7.49. The summed E-state index contributed by atoms with van der Waals surface area (Å²) in [6.45, 7) is 6.24. The van der Waals surface area contributed by atoms with E-state index in [4.69, 9.17) is 4.74 Å². The van der Waals surface area contributed by atoms with E-state index in [1.54, 1.807) is 18.2 Å². The minimum atomic E-state index is 0.185. The Morgan fingerprint density at radius 1 is 0.829 bits per heavy atom.